The third-order valence-electron chi connectivity index (χ3n) is 3.39. The highest BCUT2D eigenvalue weighted by Crippen LogP contribution is 2.22. The lowest BCUT2D eigenvalue weighted by Crippen LogP contribution is -2.41. The molecule has 1 aliphatic rings. The van der Waals surface area contributed by atoms with Crippen LogP contribution in [0.15, 0.2) is 18.2 Å². The summed E-state index contributed by atoms with van der Waals surface area (Å²) in [5.74, 6) is -2.10. The molecule has 2 rings (SSSR count). The Morgan fingerprint density at radius 1 is 1.45 bits per heavy atom. The predicted octanol–water partition coefficient (Wildman–Crippen LogP) is 1.10. The molecule has 1 amide bonds. The number of nitrogens with zero attached hydrogens (tertiary/aromatic N) is 2. The molecule has 1 aromatic rings. The highest BCUT2D eigenvalue weighted by atomic mass is 19.1. The fourth-order valence-electron chi connectivity index (χ4n) is 2.55. The van der Waals surface area contributed by atoms with Gasteiger partial charge in [0.05, 0.1) is 11.7 Å². The Morgan fingerprint density at radius 3 is 2.75 bits per heavy atom. The first kappa shape index (κ1) is 14.9. The molecular formula is C14H18F2N2O2. The molecule has 0 spiro atoms. The summed E-state index contributed by atoms with van der Waals surface area (Å²) in [6.07, 6.45) is -0.139. The number of likely N-dealkylation sites (tertiary alicyclic amines) is 1. The van der Waals surface area contributed by atoms with Gasteiger partial charge in [-0.3, -0.25) is 4.79 Å². The summed E-state index contributed by atoms with van der Waals surface area (Å²) in [5, 5.41) is 9.73. The van der Waals surface area contributed by atoms with Crippen LogP contribution in [0.2, 0.25) is 0 Å². The number of likely N-dealkylation sites (N-methyl/N-ethyl adjacent to an activating group) is 1. The number of amides is 1. The lowest BCUT2D eigenvalue weighted by atomic mass is 10.1. The van der Waals surface area contributed by atoms with Crippen LogP contribution < -0.4 is 0 Å². The van der Waals surface area contributed by atoms with Gasteiger partial charge in [0, 0.05) is 25.2 Å². The van der Waals surface area contributed by atoms with Gasteiger partial charge in [0.15, 0.2) is 0 Å². The molecule has 1 aromatic carbocycles. The molecule has 0 aromatic heterocycles. The Kier molecular flexibility index (Phi) is 4.35. The van der Waals surface area contributed by atoms with E-state index in [1.807, 2.05) is 19.0 Å². The van der Waals surface area contributed by atoms with Crippen LogP contribution in [0.1, 0.15) is 16.8 Å². The van der Waals surface area contributed by atoms with Gasteiger partial charge in [0.1, 0.15) is 11.6 Å². The average molecular weight is 284 g/mol. The van der Waals surface area contributed by atoms with Crippen LogP contribution in [0.5, 0.6) is 0 Å². The highest BCUT2D eigenvalue weighted by Gasteiger charge is 2.35. The first-order chi connectivity index (χ1) is 9.38. The van der Waals surface area contributed by atoms with Crippen molar-refractivity contribution in [2.45, 2.75) is 18.6 Å². The van der Waals surface area contributed by atoms with Crippen molar-refractivity contribution < 1.29 is 18.7 Å². The summed E-state index contributed by atoms with van der Waals surface area (Å²) >= 11 is 0. The molecule has 20 heavy (non-hydrogen) atoms. The third kappa shape index (κ3) is 3.13. The van der Waals surface area contributed by atoms with E-state index in [9.17, 15) is 18.7 Å². The second-order valence-electron chi connectivity index (χ2n) is 5.39. The number of benzene rings is 1. The number of aliphatic hydroxyl groups excluding tert-OH is 1. The highest BCUT2D eigenvalue weighted by molar-refractivity contribution is 5.95. The molecule has 6 heteroatoms. The fraction of sp³-hybridized carbons (Fsp3) is 0.500. The summed E-state index contributed by atoms with van der Waals surface area (Å²) in [4.78, 5) is 15.7. The Morgan fingerprint density at radius 2 is 2.15 bits per heavy atom. The minimum absolute atomic E-state index is 0.163. The SMILES string of the molecule is CN(C)CC1CC(O)CN1C(=O)c1ccc(F)cc1F. The Balaban J connectivity index is 2.22. The smallest absolute Gasteiger partial charge is 0.257 e. The van der Waals surface area contributed by atoms with Crippen molar-refractivity contribution in [3.63, 3.8) is 0 Å². The zero-order valence-electron chi connectivity index (χ0n) is 11.5. The van der Waals surface area contributed by atoms with Crippen LogP contribution in [-0.4, -0.2) is 60.1 Å². The molecule has 2 atom stereocenters. The minimum Gasteiger partial charge on any atom is -0.391 e. The van der Waals surface area contributed by atoms with E-state index in [4.69, 9.17) is 0 Å². The first-order valence-corrected chi connectivity index (χ1v) is 6.47. The molecule has 0 aliphatic carbocycles. The number of rotatable bonds is 3. The van der Waals surface area contributed by atoms with Crippen LogP contribution in [0, 0.1) is 11.6 Å². The molecule has 0 saturated carbocycles. The number of β-amino-alcohol motifs (C(OH)–C–C–N with tert-alkyl or cyclic N) is 1. The van der Waals surface area contributed by atoms with E-state index >= 15 is 0 Å². The zero-order chi connectivity index (χ0) is 14.9. The van der Waals surface area contributed by atoms with E-state index in [-0.39, 0.29) is 18.2 Å². The molecule has 2 unspecified atom stereocenters. The molecule has 0 radical (unpaired) electrons. The van der Waals surface area contributed by atoms with Gasteiger partial charge >= 0.3 is 0 Å². The van der Waals surface area contributed by atoms with Crippen molar-refractivity contribution in [1.29, 1.82) is 0 Å². The molecule has 1 N–H and O–H groups in total. The largest absolute Gasteiger partial charge is 0.391 e. The number of aliphatic hydroxyl groups is 1. The molecule has 0 bridgehead atoms. The van der Waals surface area contributed by atoms with Gasteiger partial charge in [0.2, 0.25) is 0 Å². The summed E-state index contributed by atoms with van der Waals surface area (Å²) in [7, 11) is 3.73. The second kappa shape index (κ2) is 5.85. The average Bonchev–Trinajstić information content (AvgIpc) is 2.68. The zero-order valence-corrected chi connectivity index (χ0v) is 11.5. The van der Waals surface area contributed by atoms with Gasteiger partial charge in [-0.05, 0) is 32.6 Å². The van der Waals surface area contributed by atoms with Crippen LogP contribution in [0.4, 0.5) is 8.78 Å². The van der Waals surface area contributed by atoms with E-state index in [0.29, 0.717) is 19.0 Å². The van der Waals surface area contributed by atoms with Gasteiger partial charge in [-0.25, -0.2) is 8.78 Å². The van der Waals surface area contributed by atoms with E-state index in [2.05, 4.69) is 0 Å². The predicted molar refractivity (Wildman–Crippen MR) is 70.4 cm³/mol. The van der Waals surface area contributed by atoms with Crippen LogP contribution in [0.3, 0.4) is 0 Å². The van der Waals surface area contributed by atoms with E-state index in [1.165, 1.54) is 4.90 Å². The molecule has 1 aliphatic heterocycles. The summed E-state index contributed by atoms with van der Waals surface area (Å²) < 4.78 is 26.6. The second-order valence-corrected chi connectivity index (χ2v) is 5.39. The Hall–Kier alpha value is -1.53. The normalized spacial score (nSPS) is 22.6. The lowest BCUT2D eigenvalue weighted by Gasteiger charge is -2.27. The van der Waals surface area contributed by atoms with Crippen molar-refractivity contribution in [1.82, 2.24) is 9.80 Å². The monoisotopic (exact) mass is 284 g/mol. The van der Waals surface area contributed by atoms with Gasteiger partial charge in [-0.1, -0.05) is 0 Å². The Labute approximate surface area is 116 Å². The van der Waals surface area contributed by atoms with Crippen LogP contribution in [-0.2, 0) is 0 Å². The lowest BCUT2D eigenvalue weighted by molar-refractivity contribution is 0.0694. The molecule has 110 valence electrons. The van der Waals surface area contributed by atoms with E-state index in [0.717, 1.165) is 12.1 Å². The van der Waals surface area contributed by atoms with Crippen LogP contribution in [0.25, 0.3) is 0 Å². The molecular weight excluding hydrogens is 266 g/mol. The number of carbonyl (C=O) groups excluding carboxylic acids is 1. The number of hydrogen-bond acceptors (Lipinski definition) is 3. The molecule has 4 nitrogen and oxygen atoms in total. The number of carbonyl (C=O) groups is 1. The van der Waals surface area contributed by atoms with Crippen molar-refractivity contribution >= 4 is 5.91 Å². The van der Waals surface area contributed by atoms with Crippen molar-refractivity contribution in [3.05, 3.63) is 35.4 Å². The van der Waals surface area contributed by atoms with Gasteiger partial charge in [-0.15, -0.1) is 0 Å². The van der Waals surface area contributed by atoms with E-state index < -0.39 is 23.6 Å². The maximum Gasteiger partial charge on any atom is 0.257 e. The minimum atomic E-state index is -0.875. The topological polar surface area (TPSA) is 43.8 Å². The Bertz CT molecular complexity index is 508. The standard InChI is InChI=1S/C14H18F2N2O2/c1-17(2)7-10-6-11(19)8-18(10)14(20)12-4-3-9(15)5-13(12)16/h3-5,10-11,19H,6-8H2,1-2H3. The van der Waals surface area contributed by atoms with Crippen molar-refractivity contribution in [3.8, 4) is 0 Å². The molecule has 1 heterocycles. The molecule has 1 fully saturated rings. The summed E-state index contributed by atoms with van der Waals surface area (Å²) in [6.45, 7) is 0.764. The maximum atomic E-state index is 13.7. The van der Waals surface area contributed by atoms with Crippen LogP contribution >= 0.6 is 0 Å². The van der Waals surface area contributed by atoms with Gasteiger partial charge in [0.25, 0.3) is 5.91 Å². The summed E-state index contributed by atoms with van der Waals surface area (Å²) in [5.41, 5.74) is -0.163. The number of hydrogen-bond donors (Lipinski definition) is 1. The summed E-state index contributed by atoms with van der Waals surface area (Å²) in [6, 6.07) is 2.73. The first-order valence-electron chi connectivity index (χ1n) is 6.47. The van der Waals surface area contributed by atoms with Crippen molar-refractivity contribution in [2.75, 3.05) is 27.2 Å². The quantitative estimate of drug-likeness (QED) is 0.904. The van der Waals surface area contributed by atoms with Crippen molar-refractivity contribution in [2.24, 2.45) is 0 Å². The van der Waals surface area contributed by atoms with Gasteiger partial charge < -0.3 is 14.9 Å². The third-order valence-corrected chi connectivity index (χ3v) is 3.39. The fourth-order valence-corrected chi connectivity index (χ4v) is 2.55. The van der Waals surface area contributed by atoms with Gasteiger partial charge in [-0.2, -0.15) is 0 Å². The number of halogens is 2. The van der Waals surface area contributed by atoms with E-state index in [1.54, 1.807) is 0 Å². The maximum absolute atomic E-state index is 13.7. The molecule has 1 saturated heterocycles.